The van der Waals surface area contributed by atoms with Crippen LogP contribution in [0.15, 0.2) is 52.3 Å². The zero-order valence-electron chi connectivity index (χ0n) is 17.0. The number of fused-ring (bicyclic) bond motifs is 1. The van der Waals surface area contributed by atoms with Crippen molar-refractivity contribution in [3.63, 3.8) is 0 Å². The van der Waals surface area contributed by atoms with E-state index in [1.807, 2.05) is 6.07 Å². The molecule has 4 aromatic rings. The second-order valence-corrected chi connectivity index (χ2v) is 13.0. The number of rotatable bonds is 3. The summed E-state index contributed by atoms with van der Waals surface area (Å²) in [6.45, 7) is 0. The molecule has 1 aromatic heterocycles. The Kier molecular flexibility index (Phi) is 5.50. The van der Waals surface area contributed by atoms with Gasteiger partial charge < -0.3 is 0 Å². The monoisotopic (exact) mass is 486 g/mol. The second-order valence-electron chi connectivity index (χ2n) is 7.91. The maximum absolute atomic E-state index is 11.9. The van der Waals surface area contributed by atoms with Gasteiger partial charge in [0.1, 0.15) is 0 Å². The number of aromatic amines is 1. The molecule has 5 rings (SSSR count). The van der Waals surface area contributed by atoms with E-state index in [4.69, 9.17) is 0 Å². The van der Waals surface area contributed by atoms with Crippen molar-refractivity contribution in [2.24, 2.45) is 0 Å². The van der Waals surface area contributed by atoms with Gasteiger partial charge in [0.15, 0.2) is 0 Å². The molecule has 0 spiro atoms. The third kappa shape index (κ3) is 3.72. The molecule has 0 saturated carbocycles. The van der Waals surface area contributed by atoms with Crippen molar-refractivity contribution in [1.29, 1.82) is 0 Å². The summed E-state index contributed by atoms with van der Waals surface area (Å²) in [6, 6.07) is 12.2. The van der Waals surface area contributed by atoms with Crippen LogP contribution in [0.3, 0.4) is 0 Å². The molecule has 8 nitrogen and oxygen atoms in total. The molecule has 0 amide bonds. The van der Waals surface area contributed by atoms with Gasteiger partial charge in [0.25, 0.3) is 0 Å². The molecule has 3 N–H and O–H groups in total. The number of nitrogens with zero attached hydrogens (tertiary/aromatic N) is 1. The normalized spacial score (nSPS) is 16.6. The van der Waals surface area contributed by atoms with Crippen LogP contribution in [0.5, 0.6) is 0 Å². The molecule has 152 valence electrons. The van der Waals surface area contributed by atoms with E-state index in [-0.39, 0.29) is 14.2 Å². The van der Waals surface area contributed by atoms with Gasteiger partial charge in [0.2, 0.25) is 0 Å². The Labute approximate surface area is 218 Å². The third-order valence-electron chi connectivity index (χ3n) is 5.95. The first-order valence-corrected chi connectivity index (χ1v) is 14.7. The van der Waals surface area contributed by atoms with Crippen LogP contribution in [-0.4, -0.2) is 91.8 Å². The van der Waals surface area contributed by atoms with E-state index in [1.54, 1.807) is 0 Å². The van der Waals surface area contributed by atoms with Crippen LogP contribution in [0.1, 0.15) is 20.1 Å². The molecular formula is C20H12N2Na2O6S2. The molecule has 3 aromatic carbocycles. The Hall–Kier alpha value is -1.05. The molecule has 1 heterocycles. The SMILES string of the molecule is O=S(=O)(O)c1cc(S(=O)(=O)O)c2[nH]c(C3=Cc4[c]([Na])ccc5cccc(c45)[CH]3[Na])nc2c1. The Morgan fingerprint density at radius 1 is 1.00 bits per heavy atom. The van der Waals surface area contributed by atoms with Gasteiger partial charge in [-0.2, -0.15) is 0 Å². The number of allylic oxidation sites excluding steroid dienone is 1. The average molecular weight is 486 g/mol. The van der Waals surface area contributed by atoms with Crippen LogP contribution in [0.4, 0.5) is 0 Å². The quantitative estimate of drug-likeness (QED) is 0.296. The van der Waals surface area contributed by atoms with Gasteiger partial charge in [-0.15, -0.1) is 0 Å². The van der Waals surface area contributed by atoms with Gasteiger partial charge >= 0.3 is 221 Å². The van der Waals surface area contributed by atoms with Crippen LogP contribution in [0, 0.1) is 0 Å². The number of H-pyrrole nitrogens is 1. The standard InChI is InChI=1S/C20H12N2O6S2.2Na/c23-29(24,25)15-9-16-19(17(10-15)30(26,27)28)22-20(21-16)14-7-12-5-1-3-11-4-2-6-13(8-14)18(11)12;;/h1-5,7-10H,(H,21,22)(H,23,24,25)(H,26,27,28);;. The summed E-state index contributed by atoms with van der Waals surface area (Å²) in [5.74, 6) is 0.393. The minimum atomic E-state index is -4.78. The number of imidazole rings is 1. The number of hydrogen-bond donors (Lipinski definition) is 3. The van der Waals surface area contributed by atoms with Gasteiger partial charge in [0, 0.05) is 0 Å². The summed E-state index contributed by atoms with van der Waals surface area (Å²) in [7, 11) is -9.49. The van der Waals surface area contributed by atoms with Crippen molar-refractivity contribution >= 4 is 112 Å². The topological polar surface area (TPSA) is 137 Å². The molecule has 1 aliphatic carbocycles. The molecule has 1 atom stereocenters. The van der Waals surface area contributed by atoms with Gasteiger partial charge in [-0.1, -0.05) is 0 Å². The van der Waals surface area contributed by atoms with E-state index in [0.717, 1.165) is 78.5 Å². The zero-order valence-corrected chi connectivity index (χ0v) is 22.6. The van der Waals surface area contributed by atoms with Crippen molar-refractivity contribution < 1.29 is 25.9 Å². The van der Waals surface area contributed by atoms with Crippen LogP contribution >= 0.6 is 0 Å². The number of nitrogens with one attached hydrogen (secondary N) is 1. The predicted molar refractivity (Wildman–Crippen MR) is 121 cm³/mol. The molecule has 0 radical (unpaired) electrons. The number of hydrogen-bond acceptors (Lipinski definition) is 5. The number of aromatic nitrogens is 2. The summed E-state index contributed by atoms with van der Waals surface area (Å²) in [4.78, 5) is 6.11. The first-order valence-electron chi connectivity index (χ1n) is 9.68. The number of benzene rings is 3. The third-order valence-corrected chi connectivity index (χ3v) is 9.77. The van der Waals surface area contributed by atoms with Crippen LogP contribution in [0.25, 0.3) is 33.5 Å². The fourth-order valence-electron chi connectivity index (χ4n) is 4.35. The van der Waals surface area contributed by atoms with Gasteiger partial charge in [-0.25, -0.2) is 0 Å². The minimum absolute atomic E-state index is 0.0145. The molecule has 0 aliphatic heterocycles. The molecule has 1 unspecified atom stereocenters. The van der Waals surface area contributed by atoms with Crippen molar-refractivity contribution in [3.8, 4) is 0 Å². The maximum atomic E-state index is 11.9. The second kappa shape index (κ2) is 7.74. The molecule has 32 heavy (non-hydrogen) atoms. The van der Waals surface area contributed by atoms with Gasteiger partial charge in [-0.05, 0) is 0 Å². The van der Waals surface area contributed by atoms with Crippen LogP contribution in [-0.2, 0) is 20.2 Å². The van der Waals surface area contributed by atoms with Crippen molar-refractivity contribution in [1.82, 2.24) is 9.97 Å². The molecule has 1 aliphatic rings. The Morgan fingerprint density at radius 2 is 1.75 bits per heavy atom. The van der Waals surface area contributed by atoms with E-state index < -0.39 is 30.0 Å². The van der Waals surface area contributed by atoms with E-state index in [1.165, 1.54) is 13.8 Å². The molecular weight excluding hydrogens is 474 g/mol. The fraction of sp³-hybridized carbons (Fsp3) is 0.0500. The predicted octanol–water partition coefficient (Wildman–Crippen LogP) is 1.77. The van der Waals surface area contributed by atoms with Crippen molar-refractivity contribution in [2.75, 3.05) is 0 Å². The Morgan fingerprint density at radius 3 is 2.44 bits per heavy atom. The van der Waals surface area contributed by atoms with E-state index in [9.17, 15) is 25.9 Å². The summed E-state index contributed by atoms with van der Waals surface area (Å²) >= 11 is 1.60. The van der Waals surface area contributed by atoms with Crippen LogP contribution < -0.4 is 2.81 Å². The molecule has 0 bridgehead atoms. The summed E-state index contributed by atoms with van der Waals surface area (Å²) < 4.78 is 67.5. The van der Waals surface area contributed by atoms with Crippen molar-refractivity contribution in [3.05, 3.63) is 59.4 Å². The van der Waals surface area contributed by atoms with E-state index >= 15 is 0 Å². The summed E-state index contributed by atoms with van der Waals surface area (Å²) in [5.41, 5.74) is 3.15. The Balaban J connectivity index is 1.81. The van der Waals surface area contributed by atoms with E-state index in [0.29, 0.717) is 11.9 Å². The molecule has 0 fully saturated rings. The van der Waals surface area contributed by atoms with Crippen LogP contribution in [0.2, 0.25) is 0 Å². The summed E-state index contributed by atoms with van der Waals surface area (Å²) in [6.07, 6.45) is 2.06. The fourth-order valence-corrected chi connectivity index (χ4v) is 7.13. The van der Waals surface area contributed by atoms with Gasteiger partial charge in [-0.3, -0.25) is 0 Å². The Bertz CT molecular complexity index is 1710. The zero-order chi connectivity index (χ0) is 23.0. The average Bonchev–Trinajstić information content (AvgIpc) is 3.13. The van der Waals surface area contributed by atoms with Crippen molar-refractivity contribution in [2.45, 2.75) is 13.0 Å². The molecule has 12 heteroatoms. The first kappa shape index (κ1) is 22.7. The summed E-state index contributed by atoms with van der Waals surface area (Å²) in [5, 5.41) is 2.37. The van der Waals surface area contributed by atoms with Gasteiger partial charge in [0.05, 0.1) is 0 Å². The van der Waals surface area contributed by atoms with E-state index in [2.05, 4.69) is 40.3 Å². The molecule has 0 saturated heterocycles. The first-order chi connectivity index (χ1) is 14.9.